The second-order valence-electron chi connectivity index (χ2n) is 5.05. The van der Waals surface area contributed by atoms with Crippen molar-refractivity contribution in [3.05, 3.63) is 47.2 Å². The van der Waals surface area contributed by atoms with Crippen LogP contribution < -0.4 is 18.9 Å². The molecule has 0 saturated carbocycles. The van der Waals surface area contributed by atoms with Gasteiger partial charge in [0.1, 0.15) is 17.1 Å². The largest absolute Gasteiger partial charge is 0.502 e. The number of methoxy groups -OCH3 is 3. The monoisotopic (exact) mass is 328 g/mol. The van der Waals surface area contributed by atoms with Gasteiger partial charge in [0, 0.05) is 6.07 Å². The Bertz CT molecular complexity index is 820. The third-order valence-corrected chi connectivity index (χ3v) is 3.69. The minimum atomic E-state index is -0.365. The predicted octanol–water partition coefficient (Wildman–Crippen LogP) is 3.03. The molecule has 0 aromatic heterocycles. The van der Waals surface area contributed by atoms with Crippen LogP contribution in [0.2, 0.25) is 0 Å². The molecular weight excluding hydrogens is 312 g/mol. The van der Waals surface area contributed by atoms with Crippen LogP contribution in [0.5, 0.6) is 28.7 Å². The molecule has 124 valence electrons. The van der Waals surface area contributed by atoms with Crippen molar-refractivity contribution in [2.24, 2.45) is 0 Å². The lowest BCUT2D eigenvalue weighted by Gasteiger charge is -2.10. The zero-order valence-corrected chi connectivity index (χ0v) is 13.5. The fraction of sp³-hybridized carbons (Fsp3) is 0.167. The number of fused-ring (bicyclic) bond motifs is 1. The molecule has 0 spiro atoms. The van der Waals surface area contributed by atoms with Crippen molar-refractivity contribution in [3.8, 4) is 28.7 Å². The van der Waals surface area contributed by atoms with Gasteiger partial charge in [-0.15, -0.1) is 0 Å². The average Bonchev–Trinajstić information content (AvgIpc) is 2.91. The molecule has 24 heavy (non-hydrogen) atoms. The summed E-state index contributed by atoms with van der Waals surface area (Å²) >= 11 is 0. The fourth-order valence-corrected chi connectivity index (χ4v) is 2.49. The Morgan fingerprint density at radius 2 is 1.75 bits per heavy atom. The van der Waals surface area contributed by atoms with E-state index in [2.05, 4.69) is 0 Å². The topological polar surface area (TPSA) is 74.2 Å². The minimum absolute atomic E-state index is 0.0347. The van der Waals surface area contributed by atoms with Crippen LogP contribution in [0.3, 0.4) is 0 Å². The first kappa shape index (κ1) is 15.7. The van der Waals surface area contributed by atoms with E-state index < -0.39 is 0 Å². The zero-order valence-electron chi connectivity index (χ0n) is 13.5. The van der Waals surface area contributed by atoms with Gasteiger partial charge in [-0.2, -0.15) is 0 Å². The van der Waals surface area contributed by atoms with Gasteiger partial charge < -0.3 is 24.1 Å². The number of hydrogen-bond acceptors (Lipinski definition) is 6. The van der Waals surface area contributed by atoms with E-state index in [9.17, 15) is 9.90 Å². The highest BCUT2D eigenvalue weighted by atomic mass is 16.5. The van der Waals surface area contributed by atoms with Crippen LogP contribution in [-0.4, -0.2) is 32.2 Å². The van der Waals surface area contributed by atoms with E-state index >= 15 is 0 Å². The molecule has 3 rings (SSSR count). The third-order valence-electron chi connectivity index (χ3n) is 3.69. The summed E-state index contributed by atoms with van der Waals surface area (Å²) in [5, 5.41) is 10.1. The first-order valence-corrected chi connectivity index (χ1v) is 7.15. The van der Waals surface area contributed by atoms with E-state index in [0.29, 0.717) is 0 Å². The lowest BCUT2D eigenvalue weighted by molar-refractivity contribution is 0.101. The molecular formula is C18H16O6. The van der Waals surface area contributed by atoms with E-state index in [-0.39, 0.29) is 40.1 Å². The lowest BCUT2D eigenvalue weighted by Crippen LogP contribution is -2.00. The van der Waals surface area contributed by atoms with Crippen molar-refractivity contribution in [1.29, 1.82) is 0 Å². The fourth-order valence-electron chi connectivity index (χ4n) is 2.49. The number of ketones is 1. The van der Waals surface area contributed by atoms with E-state index in [4.69, 9.17) is 18.9 Å². The van der Waals surface area contributed by atoms with Crippen LogP contribution in [0, 0.1) is 0 Å². The highest BCUT2D eigenvalue weighted by molar-refractivity contribution is 6.16. The summed E-state index contributed by atoms with van der Waals surface area (Å²) in [6, 6.07) is 8.64. The standard InChI is InChI=1S/C18H16O6/c1-21-11-6-4-10(5-7-11)8-14-16(19)15-12(24-14)9-13(22-2)17(20)18(15)23-3/h4-9,20H,1-3H3/b14-8+. The highest BCUT2D eigenvalue weighted by Gasteiger charge is 2.34. The number of aromatic hydroxyl groups is 1. The Hall–Kier alpha value is -3.15. The number of phenols is 1. The summed E-state index contributed by atoms with van der Waals surface area (Å²) in [4.78, 5) is 12.6. The van der Waals surface area contributed by atoms with Crippen LogP contribution in [0.15, 0.2) is 36.1 Å². The van der Waals surface area contributed by atoms with Gasteiger partial charge in [0.15, 0.2) is 17.3 Å². The number of Topliss-reactive ketones (excluding diaryl/α,β-unsaturated/α-hetero) is 1. The quantitative estimate of drug-likeness (QED) is 0.870. The summed E-state index contributed by atoms with van der Waals surface area (Å²) < 4.78 is 21.0. The molecule has 6 heteroatoms. The molecule has 1 aliphatic rings. The number of allylic oxidation sites excluding steroid dienone is 1. The molecule has 0 bridgehead atoms. The molecule has 0 aliphatic carbocycles. The van der Waals surface area contributed by atoms with Gasteiger partial charge in [0.05, 0.1) is 21.3 Å². The van der Waals surface area contributed by atoms with E-state index in [1.807, 2.05) is 0 Å². The molecule has 0 amide bonds. The molecule has 0 atom stereocenters. The highest BCUT2D eigenvalue weighted by Crippen LogP contribution is 2.48. The van der Waals surface area contributed by atoms with E-state index in [0.717, 1.165) is 11.3 Å². The molecule has 0 saturated heterocycles. The first-order valence-electron chi connectivity index (χ1n) is 7.15. The Morgan fingerprint density at radius 3 is 2.33 bits per heavy atom. The third kappa shape index (κ3) is 2.52. The van der Waals surface area contributed by atoms with Crippen LogP contribution in [0.4, 0.5) is 0 Å². The van der Waals surface area contributed by atoms with Crippen molar-refractivity contribution >= 4 is 11.9 Å². The number of phenolic OH excluding ortho intramolecular Hbond substituents is 1. The number of ether oxygens (including phenoxy) is 4. The maximum absolute atomic E-state index is 12.6. The number of carbonyl (C=O) groups is 1. The van der Waals surface area contributed by atoms with Gasteiger partial charge in [0.2, 0.25) is 11.5 Å². The number of carbonyl (C=O) groups excluding carboxylic acids is 1. The maximum Gasteiger partial charge on any atom is 0.235 e. The van der Waals surface area contributed by atoms with Crippen LogP contribution in [0.25, 0.3) is 6.08 Å². The van der Waals surface area contributed by atoms with Crippen molar-refractivity contribution in [3.63, 3.8) is 0 Å². The molecule has 0 radical (unpaired) electrons. The molecule has 0 unspecified atom stereocenters. The second-order valence-corrected chi connectivity index (χ2v) is 5.05. The molecule has 2 aromatic rings. The van der Waals surface area contributed by atoms with Gasteiger partial charge in [0.25, 0.3) is 0 Å². The Kier molecular flexibility index (Phi) is 4.04. The normalized spacial score (nSPS) is 14.3. The maximum atomic E-state index is 12.6. The van der Waals surface area contributed by atoms with Crippen molar-refractivity contribution < 1.29 is 28.8 Å². The summed E-state index contributed by atoms with van der Waals surface area (Å²) in [7, 11) is 4.36. The number of benzene rings is 2. The molecule has 1 heterocycles. The van der Waals surface area contributed by atoms with Crippen molar-refractivity contribution in [2.75, 3.05) is 21.3 Å². The van der Waals surface area contributed by atoms with E-state index in [1.165, 1.54) is 20.3 Å². The number of hydrogen-bond donors (Lipinski definition) is 1. The summed E-state index contributed by atoms with van der Waals surface area (Å²) in [6.07, 6.45) is 1.62. The summed E-state index contributed by atoms with van der Waals surface area (Å²) in [5.41, 5.74) is 0.956. The molecule has 1 aliphatic heterocycles. The van der Waals surface area contributed by atoms with Gasteiger partial charge in [-0.25, -0.2) is 0 Å². The van der Waals surface area contributed by atoms with E-state index in [1.54, 1.807) is 37.5 Å². The molecule has 2 aromatic carbocycles. The van der Waals surface area contributed by atoms with Gasteiger partial charge in [-0.05, 0) is 23.8 Å². The molecule has 1 N–H and O–H groups in total. The van der Waals surface area contributed by atoms with Crippen molar-refractivity contribution in [2.45, 2.75) is 0 Å². The smallest absolute Gasteiger partial charge is 0.235 e. The van der Waals surface area contributed by atoms with Gasteiger partial charge >= 0.3 is 0 Å². The lowest BCUT2D eigenvalue weighted by atomic mass is 10.1. The Labute approximate surface area is 138 Å². The molecule has 6 nitrogen and oxygen atoms in total. The van der Waals surface area contributed by atoms with Crippen LogP contribution >= 0.6 is 0 Å². The minimum Gasteiger partial charge on any atom is -0.502 e. The summed E-state index contributed by atoms with van der Waals surface area (Å²) in [5.74, 6) is 0.747. The second kappa shape index (κ2) is 6.16. The number of rotatable bonds is 4. The molecule has 0 fully saturated rings. The van der Waals surface area contributed by atoms with Crippen LogP contribution in [-0.2, 0) is 0 Å². The average molecular weight is 328 g/mol. The van der Waals surface area contributed by atoms with Crippen molar-refractivity contribution in [1.82, 2.24) is 0 Å². The Morgan fingerprint density at radius 1 is 1.04 bits per heavy atom. The first-order chi connectivity index (χ1) is 11.6. The van der Waals surface area contributed by atoms with Gasteiger partial charge in [-0.1, -0.05) is 12.1 Å². The van der Waals surface area contributed by atoms with Crippen LogP contribution in [0.1, 0.15) is 15.9 Å². The summed E-state index contributed by atoms with van der Waals surface area (Å²) in [6.45, 7) is 0. The Balaban J connectivity index is 2.02. The predicted molar refractivity (Wildman–Crippen MR) is 87.1 cm³/mol. The zero-order chi connectivity index (χ0) is 17.3. The SMILES string of the molecule is COc1ccc(/C=C2/Oc3cc(OC)c(O)c(OC)c3C2=O)cc1. The van der Waals surface area contributed by atoms with Gasteiger partial charge in [-0.3, -0.25) is 4.79 Å².